The maximum absolute atomic E-state index is 11.6. The lowest BCUT2D eigenvalue weighted by atomic mass is 10.4. The summed E-state index contributed by atoms with van der Waals surface area (Å²) < 4.78 is 16.4. The van der Waals surface area contributed by atoms with Gasteiger partial charge < -0.3 is 4.52 Å². The van der Waals surface area contributed by atoms with Crippen molar-refractivity contribution in [3.05, 3.63) is 30.3 Å². The van der Waals surface area contributed by atoms with Gasteiger partial charge in [0.15, 0.2) is 0 Å². The Morgan fingerprint density at radius 3 is 2.27 bits per heavy atom. The van der Waals surface area contributed by atoms with Gasteiger partial charge in [0, 0.05) is 19.1 Å². The van der Waals surface area contributed by atoms with E-state index in [1.807, 2.05) is 30.3 Å². The molecule has 1 atom stereocenters. The van der Waals surface area contributed by atoms with E-state index in [1.165, 1.54) is 7.11 Å². The molecule has 1 unspecified atom stereocenters. The summed E-state index contributed by atoms with van der Waals surface area (Å²) in [5.41, 5.74) is 0. The van der Waals surface area contributed by atoms with Crippen molar-refractivity contribution in [1.29, 1.82) is 0 Å². The summed E-state index contributed by atoms with van der Waals surface area (Å²) >= 11 is 0. The van der Waals surface area contributed by atoms with E-state index in [2.05, 4.69) is 0 Å². The first-order valence-corrected chi connectivity index (χ1v) is 5.43. The lowest BCUT2D eigenvalue weighted by molar-refractivity contribution is 0.408. The fourth-order valence-corrected chi connectivity index (χ4v) is 1.73. The Kier molecular flexibility index (Phi) is 2.48. The van der Waals surface area contributed by atoms with Crippen LogP contribution in [0.15, 0.2) is 30.3 Å². The lowest BCUT2D eigenvalue weighted by Gasteiger charge is -2.09. The lowest BCUT2D eigenvalue weighted by Crippen LogP contribution is -2.03. The average Bonchev–Trinajstić information content (AvgIpc) is 2.06. The summed E-state index contributed by atoms with van der Waals surface area (Å²) in [6.45, 7) is 1.61. The van der Waals surface area contributed by atoms with E-state index in [9.17, 15) is 4.57 Å². The predicted molar refractivity (Wildman–Crippen MR) is 46.6 cm³/mol. The van der Waals surface area contributed by atoms with Gasteiger partial charge in [0.2, 0.25) is 7.37 Å². The van der Waals surface area contributed by atoms with Gasteiger partial charge >= 0.3 is 0 Å². The van der Waals surface area contributed by atoms with Crippen LogP contribution >= 0.6 is 7.37 Å². The van der Waals surface area contributed by atoms with E-state index in [0.29, 0.717) is 0 Å². The minimum Gasteiger partial charge on any atom is -0.329 e. The molecule has 0 aromatic heterocycles. The molecule has 0 spiro atoms. The molecule has 1 rings (SSSR count). The molecule has 0 aliphatic carbocycles. The van der Waals surface area contributed by atoms with Crippen molar-refractivity contribution in [2.75, 3.05) is 13.8 Å². The van der Waals surface area contributed by atoms with Gasteiger partial charge in [-0.2, -0.15) is 0 Å². The Hall–Kier alpha value is -0.590. The molecule has 3 heteroatoms. The zero-order valence-corrected chi connectivity index (χ0v) is 7.54. The van der Waals surface area contributed by atoms with Crippen LogP contribution in [0.3, 0.4) is 0 Å². The molecule has 0 bridgehead atoms. The van der Waals surface area contributed by atoms with Crippen LogP contribution in [-0.4, -0.2) is 13.8 Å². The zero-order chi connectivity index (χ0) is 8.32. The molecule has 2 nitrogen and oxygen atoms in total. The maximum Gasteiger partial charge on any atom is 0.228 e. The molecule has 0 fully saturated rings. The Bertz CT molecular complexity index is 269. The van der Waals surface area contributed by atoms with E-state index in [0.717, 1.165) is 5.30 Å². The smallest absolute Gasteiger partial charge is 0.228 e. The monoisotopic (exact) mass is 170 g/mol. The van der Waals surface area contributed by atoms with Gasteiger partial charge in [0.25, 0.3) is 0 Å². The zero-order valence-electron chi connectivity index (χ0n) is 6.65. The van der Waals surface area contributed by atoms with Gasteiger partial charge in [0.1, 0.15) is 0 Å². The second-order valence-corrected chi connectivity index (χ2v) is 4.94. The molecule has 0 amide bonds. The highest BCUT2D eigenvalue weighted by Crippen LogP contribution is 2.39. The molecule has 11 heavy (non-hydrogen) atoms. The number of hydrogen-bond acceptors (Lipinski definition) is 2. The first-order valence-electron chi connectivity index (χ1n) is 3.35. The van der Waals surface area contributed by atoms with Crippen LogP contribution in [0, 0.1) is 0 Å². The standard InChI is InChI=1S/C8H11O2P/c1-10-11(2,9)8-6-4-3-5-7-8/h3-7H,1-2H3. The normalized spacial score (nSPS) is 15.8. The first kappa shape index (κ1) is 8.51. The Morgan fingerprint density at radius 2 is 1.82 bits per heavy atom. The fraction of sp³-hybridized carbons (Fsp3) is 0.250. The quantitative estimate of drug-likeness (QED) is 0.633. The average molecular weight is 170 g/mol. The van der Waals surface area contributed by atoms with E-state index >= 15 is 0 Å². The van der Waals surface area contributed by atoms with Gasteiger partial charge in [-0.1, -0.05) is 18.2 Å². The van der Waals surface area contributed by atoms with Gasteiger partial charge in [-0.05, 0) is 12.1 Å². The third-order valence-corrected chi connectivity index (χ3v) is 3.51. The molecule has 0 aliphatic heterocycles. The van der Waals surface area contributed by atoms with Crippen LogP contribution in [0.25, 0.3) is 0 Å². The second kappa shape index (κ2) is 3.21. The maximum atomic E-state index is 11.6. The summed E-state index contributed by atoms with van der Waals surface area (Å²) in [5, 5.41) is 0.766. The molecule has 1 aromatic rings. The van der Waals surface area contributed by atoms with Crippen molar-refractivity contribution < 1.29 is 9.09 Å². The minimum absolute atomic E-state index is 0.766. The third kappa shape index (κ3) is 1.92. The Balaban J connectivity index is 3.03. The number of rotatable bonds is 2. The molecule has 0 N–H and O–H groups in total. The van der Waals surface area contributed by atoms with Crippen LogP contribution in [0.2, 0.25) is 0 Å². The highest BCUT2D eigenvalue weighted by atomic mass is 31.2. The van der Waals surface area contributed by atoms with Crippen molar-refractivity contribution in [2.45, 2.75) is 0 Å². The van der Waals surface area contributed by atoms with Crippen molar-refractivity contribution in [3.63, 3.8) is 0 Å². The highest BCUT2D eigenvalue weighted by molar-refractivity contribution is 7.66. The van der Waals surface area contributed by atoms with E-state index in [1.54, 1.807) is 6.66 Å². The van der Waals surface area contributed by atoms with E-state index in [4.69, 9.17) is 4.52 Å². The summed E-state index contributed by atoms with van der Waals surface area (Å²) in [4.78, 5) is 0. The third-order valence-electron chi connectivity index (χ3n) is 1.57. The van der Waals surface area contributed by atoms with Crippen molar-refractivity contribution in [1.82, 2.24) is 0 Å². The molecule has 0 aliphatic rings. The number of hydrogen-bond donors (Lipinski definition) is 0. The van der Waals surface area contributed by atoms with Gasteiger partial charge in [-0.15, -0.1) is 0 Å². The van der Waals surface area contributed by atoms with Gasteiger partial charge in [-0.25, -0.2) is 0 Å². The summed E-state index contributed by atoms with van der Waals surface area (Å²) in [6.07, 6.45) is 0. The molecule has 1 aromatic carbocycles. The van der Waals surface area contributed by atoms with Crippen LogP contribution in [0.1, 0.15) is 0 Å². The van der Waals surface area contributed by atoms with Gasteiger partial charge in [0.05, 0.1) is 0 Å². The molecule has 60 valence electrons. The molecular formula is C8H11O2P. The Morgan fingerprint density at radius 1 is 1.27 bits per heavy atom. The van der Waals surface area contributed by atoms with Crippen LogP contribution in [0.5, 0.6) is 0 Å². The van der Waals surface area contributed by atoms with Crippen LogP contribution < -0.4 is 5.30 Å². The minimum atomic E-state index is -2.53. The van der Waals surface area contributed by atoms with Crippen molar-refractivity contribution in [2.24, 2.45) is 0 Å². The predicted octanol–water partition coefficient (Wildman–Crippen LogP) is 1.87. The second-order valence-electron chi connectivity index (χ2n) is 2.36. The van der Waals surface area contributed by atoms with Crippen LogP contribution in [-0.2, 0) is 9.09 Å². The molecule has 0 saturated carbocycles. The van der Waals surface area contributed by atoms with Crippen LogP contribution in [0.4, 0.5) is 0 Å². The molecule has 0 radical (unpaired) electrons. The molecular weight excluding hydrogens is 159 g/mol. The van der Waals surface area contributed by atoms with E-state index in [-0.39, 0.29) is 0 Å². The molecule has 0 saturated heterocycles. The van der Waals surface area contributed by atoms with Gasteiger partial charge in [-0.3, -0.25) is 4.57 Å². The fourth-order valence-electron chi connectivity index (χ4n) is 0.804. The SMILES string of the molecule is COP(C)(=O)c1ccccc1. The highest BCUT2D eigenvalue weighted by Gasteiger charge is 2.15. The molecule has 0 heterocycles. The Labute approximate surface area is 66.7 Å². The van der Waals surface area contributed by atoms with E-state index < -0.39 is 7.37 Å². The first-order chi connectivity index (χ1) is 5.17. The summed E-state index contributed by atoms with van der Waals surface area (Å²) in [7, 11) is -1.06. The largest absolute Gasteiger partial charge is 0.329 e. The number of benzene rings is 1. The summed E-state index contributed by atoms with van der Waals surface area (Å²) in [6, 6.07) is 9.21. The topological polar surface area (TPSA) is 26.3 Å². The van der Waals surface area contributed by atoms with Crippen molar-refractivity contribution >= 4 is 12.7 Å². The summed E-state index contributed by atoms with van der Waals surface area (Å²) in [5.74, 6) is 0. The van der Waals surface area contributed by atoms with Crippen molar-refractivity contribution in [3.8, 4) is 0 Å².